The van der Waals surface area contributed by atoms with Crippen molar-refractivity contribution in [3.63, 3.8) is 0 Å². The van der Waals surface area contributed by atoms with Gasteiger partial charge >= 0.3 is 162 Å². The molecule has 0 aromatic heterocycles. The zero-order valence-electron chi connectivity index (χ0n) is 14.5. The molecule has 0 heterocycles. The summed E-state index contributed by atoms with van der Waals surface area (Å²) in [6, 6.07) is 27.1. The second kappa shape index (κ2) is 8.50. The van der Waals surface area contributed by atoms with E-state index >= 15 is 0 Å². The van der Waals surface area contributed by atoms with Gasteiger partial charge in [-0.05, 0) is 0 Å². The van der Waals surface area contributed by atoms with Crippen molar-refractivity contribution in [1.82, 2.24) is 0 Å². The molecule has 3 aromatic rings. The van der Waals surface area contributed by atoms with Crippen molar-refractivity contribution in [3.05, 3.63) is 106 Å². The van der Waals surface area contributed by atoms with E-state index in [0.29, 0.717) is 11.3 Å². The van der Waals surface area contributed by atoms with Gasteiger partial charge in [0.05, 0.1) is 0 Å². The van der Waals surface area contributed by atoms with Crippen molar-refractivity contribution in [2.45, 2.75) is 18.2 Å². The summed E-state index contributed by atoms with van der Waals surface area (Å²) in [4.78, 5) is 0.345. The Bertz CT molecular complexity index is 934. The van der Waals surface area contributed by atoms with E-state index in [2.05, 4.69) is 12.1 Å². The molecule has 0 atom stereocenters. The standard InChI is InChI=1S/C22H20O2SSe/c1-18-12-14-20(15-13-18)25(23,24)17-22(16-19-8-4-2-5-9-19)26-21-10-6-3-7-11-21/h2-15,17H,16H2,1H3/b22-17+. The summed E-state index contributed by atoms with van der Waals surface area (Å²) in [6.45, 7) is 1.95. The summed E-state index contributed by atoms with van der Waals surface area (Å²) in [6.07, 6.45) is 0.640. The van der Waals surface area contributed by atoms with Crippen molar-refractivity contribution in [2.24, 2.45) is 0 Å². The fourth-order valence-corrected chi connectivity index (χ4v) is 6.49. The number of allylic oxidation sites excluding steroid dienone is 1. The molecule has 0 aliphatic rings. The zero-order valence-corrected chi connectivity index (χ0v) is 17.0. The molecule has 0 aliphatic heterocycles. The van der Waals surface area contributed by atoms with Crippen LogP contribution in [0.3, 0.4) is 0 Å². The van der Waals surface area contributed by atoms with Crippen LogP contribution in [-0.2, 0) is 16.3 Å². The van der Waals surface area contributed by atoms with Gasteiger partial charge < -0.3 is 0 Å². The van der Waals surface area contributed by atoms with Crippen LogP contribution in [0.1, 0.15) is 11.1 Å². The van der Waals surface area contributed by atoms with E-state index in [-0.39, 0.29) is 15.0 Å². The molecule has 3 aromatic carbocycles. The molecule has 0 bridgehead atoms. The first kappa shape index (κ1) is 18.7. The Morgan fingerprint density at radius 1 is 0.846 bits per heavy atom. The first-order valence-corrected chi connectivity index (χ1v) is 11.6. The molecule has 0 aliphatic carbocycles. The van der Waals surface area contributed by atoms with Crippen LogP contribution in [0.4, 0.5) is 0 Å². The van der Waals surface area contributed by atoms with Crippen molar-refractivity contribution in [1.29, 1.82) is 0 Å². The maximum absolute atomic E-state index is 12.9. The summed E-state index contributed by atoms with van der Waals surface area (Å²) in [7, 11) is -3.46. The van der Waals surface area contributed by atoms with Crippen LogP contribution in [0.2, 0.25) is 0 Å². The van der Waals surface area contributed by atoms with E-state index in [4.69, 9.17) is 0 Å². The van der Waals surface area contributed by atoms with Gasteiger partial charge in [-0.3, -0.25) is 0 Å². The van der Waals surface area contributed by atoms with Crippen molar-refractivity contribution < 1.29 is 8.42 Å². The molecule has 2 nitrogen and oxygen atoms in total. The first-order valence-electron chi connectivity index (χ1n) is 8.32. The summed E-state index contributed by atoms with van der Waals surface area (Å²) < 4.78 is 27.8. The molecular weight excluding hydrogens is 407 g/mol. The number of rotatable bonds is 6. The molecule has 0 amide bonds. The number of hydrogen-bond acceptors (Lipinski definition) is 2. The molecule has 132 valence electrons. The van der Waals surface area contributed by atoms with Gasteiger partial charge in [-0.25, -0.2) is 0 Å². The van der Waals surface area contributed by atoms with Crippen LogP contribution in [0.5, 0.6) is 0 Å². The van der Waals surface area contributed by atoms with E-state index in [1.54, 1.807) is 12.1 Å². The van der Waals surface area contributed by atoms with Crippen molar-refractivity contribution in [2.75, 3.05) is 0 Å². The predicted octanol–water partition coefficient (Wildman–Crippen LogP) is 3.88. The third-order valence-corrected chi connectivity index (χ3v) is 7.88. The Hall–Kier alpha value is -2.13. The Labute approximate surface area is 161 Å². The SMILES string of the molecule is Cc1ccc(S(=O)(=O)/C=C(\Cc2ccccc2)[Se]c2ccccc2)cc1. The quantitative estimate of drug-likeness (QED) is 0.560. The maximum atomic E-state index is 12.9. The minimum absolute atomic E-state index is 0.0468. The average molecular weight is 427 g/mol. The molecule has 0 unspecified atom stereocenters. The van der Waals surface area contributed by atoms with E-state index < -0.39 is 9.84 Å². The molecule has 0 spiro atoms. The second-order valence-electron chi connectivity index (χ2n) is 6.02. The van der Waals surface area contributed by atoms with Gasteiger partial charge in [0.1, 0.15) is 0 Å². The molecule has 0 saturated carbocycles. The molecule has 4 heteroatoms. The van der Waals surface area contributed by atoms with Crippen LogP contribution in [0.25, 0.3) is 0 Å². The molecule has 0 fully saturated rings. The molecular formula is C22H20O2SSe. The van der Waals surface area contributed by atoms with Crippen LogP contribution in [0.15, 0.2) is 99.7 Å². The van der Waals surface area contributed by atoms with Crippen LogP contribution >= 0.6 is 0 Å². The number of hydrogen-bond donors (Lipinski definition) is 0. The number of sulfone groups is 1. The summed E-state index contributed by atoms with van der Waals surface area (Å²) >= 11 is -0.0468. The van der Waals surface area contributed by atoms with Gasteiger partial charge in [0.25, 0.3) is 0 Å². The summed E-state index contributed by atoms with van der Waals surface area (Å²) in [5.74, 6) is 0. The molecule has 3 rings (SSSR count). The topological polar surface area (TPSA) is 34.1 Å². The Kier molecular flexibility index (Phi) is 6.10. The van der Waals surface area contributed by atoms with Gasteiger partial charge in [0, 0.05) is 0 Å². The van der Waals surface area contributed by atoms with Gasteiger partial charge in [-0.15, -0.1) is 0 Å². The summed E-state index contributed by atoms with van der Waals surface area (Å²) in [5.41, 5.74) is 2.17. The first-order chi connectivity index (χ1) is 12.5. The van der Waals surface area contributed by atoms with E-state index in [0.717, 1.165) is 15.6 Å². The third kappa shape index (κ3) is 5.18. The fourth-order valence-electron chi connectivity index (χ4n) is 2.51. The molecule has 0 saturated heterocycles. The monoisotopic (exact) mass is 428 g/mol. The molecule has 0 radical (unpaired) electrons. The third-order valence-electron chi connectivity index (χ3n) is 3.85. The Morgan fingerprint density at radius 3 is 2.04 bits per heavy atom. The summed E-state index contributed by atoms with van der Waals surface area (Å²) in [5, 5.41) is 1.47. The van der Waals surface area contributed by atoms with Crippen molar-refractivity contribution in [3.8, 4) is 0 Å². The zero-order chi connectivity index (χ0) is 18.4. The van der Waals surface area contributed by atoms with Gasteiger partial charge in [0.2, 0.25) is 0 Å². The average Bonchev–Trinajstić information content (AvgIpc) is 2.63. The van der Waals surface area contributed by atoms with Crippen LogP contribution in [0, 0.1) is 6.92 Å². The minimum atomic E-state index is -3.46. The molecule has 26 heavy (non-hydrogen) atoms. The fraction of sp³-hybridized carbons (Fsp3) is 0.0909. The van der Waals surface area contributed by atoms with E-state index in [1.165, 1.54) is 9.87 Å². The Balaban J connectivity index is 1.95. The number of benzene rings is 3. The van der Waals surface area contributed by atoms with E-state index in [9.17, 15) is 8.42 Å². The molecule has 0 N–H and O–H groups in total. The van der Waals surface area contributed by atoms with E-state index in [1.807, 2.05) is 67.6 Å². The predicted molar refractivity (Wildman–Crippen MR) is 108 cm³/mol. The second-order valence-corrected chi connectivity index (χ2v) is 10.3. The normalized spacial score (nSPS) is 12.1. The van der Waals surface area contributed by atoms with Crippen molar-refractivity contribution >= 4 is 29.3 Å². The van der Waals surface area contributed by atoms with Crippen LogP contribution < -0.4 is 4.46 Å². The van der Waals surface area contributed by atoms with Gasteiger partial charge in [0.15, 0.2) is 0 Å². The Morgan fingerprint density at radius 2 is 1.42 bits per heavy atom. The van der Waals surface area contributed by atoms with Crippen LogP contribution in [-0.4, -0.2) is 23.4 Å². The van der Waals surface area contributed by atoms with Gasteiger partial charge in [-0.1, -0.05) is 0 Å². The number of aryl methyl sites for hydroxylation is 1. The van der Waals surface area contributed by atoms with Gasteiger partial charge in [-0.2, -0.15) is 0 Å².